The van der Waals surface area contributed by atoms with Crippen molar-refractivity contribution in [2.75, 3.05) is 25.1 Å². The van der Waals surface area contributed by atoms with Gasteiger partial charge >= 0.3 is 0 Å². The molecule has 0 radical (unpaired) electrons. The van der Waals surface area contributed by atoms with Crippen LogP contribution in [0, 0.1) is 17.1 Å². The molecule has 1 aliphatic rings. The molecule has 1 aromatic heterocycles. The lowest BCUT2D eigenvalue weighted by Crippen LogP contribution is -2.43. The topological polar surface area (TPSA) is 140 Å². The summed E-state index contributed by atoms with van der Waals surface area (Å²) in [5.74, 6) is -0.276. The molecule has 0 atom stereocenters. The number of aromatic nitrogens is 2. The maximum absolute atomic E-state index is 14.7. The largest absolute Gasteiger partial charge is 0.497 e. The Morgan fingerprint density at radius 2 is 1.86 bits per heavy atom. The third kappa shape index (κ3) is 5.62. The predicted molar refractivity (Wildman–Crippen MR) is 138 cm³/mol. The van der Waals surface area contributed by atoms with Crippen LogP contribution in [0.4, 0.5) is 10.2 Å². The van der Waals surface area contributed by atoms with Crippen LogP contribution in [0.2, 0.25) is 0 Å². The second-order valence-corrected chi connectivity index (χ2v) is 9.02. The number of methoxy groups -OCH3 is 1. The van der Waals surface area contributed by atoms with Crippen molar-refractivity contribution in [1.29, 1.82) is 5.26 Å². The van der Waals surface area contributed by atoms with Crippen molar-refractivity contribution in [2.45, 2.75) is 38.3 Å². The van der Waals surface area contributed by atoms with E-state index in [1.807, 2.05) is 11.0 Å². The fourth-order valence-electron chi connectivity index (χ4n) is 4.49. The lowest BCUT2D eigenvalue weighted by atomic mass is 10.0. The summed E-state index contributed by atoms with van der Waals surface area (Å²) >= 11 is 0. The van der Waals surface area contributed by atoms with Crippen molar-refractivity contribution in [2.24, 2.45) is 11.5 Å². The zero-order valence-corrected chi connectivity index (χ0v) is 20.6. The number of primary amides is 1. The maximum atomic E-state index is 14.7. The van der Waals surface area contributed by atoms with Crippen molar-refractivity contribution < 1.29 is 13.9 Å². The SMILES string of the molecule is COc1ccc(-c2c(-c3ccc(C#N)c(F)c3)nc(N3CCC(N)CC3)c(=O)n2CCCC(N)=O)cc1. The lowest BCUT2D eigenvalue weighted by molar-refractivity contribution is -0.118. The third-order valence-electron chi connectivity index (χ3n) is 6.52. The van der Waals surface area contributed by atoms with Crippen molar-refractivity contribution in [3.63, 3.8) is 0 Å². The standard InChI is InChI=1S/C27H29FN6O3/c1-37-21-8-6-17(7-9-21)25-24(18-4-5-19(16-29)22(28)15-18)32-26(33-13-10-20(30)11-14-33)27(36)34(25)12-2-3-23(31)35/h4-9,15,20H,2-3,10-14,30H2,1H3,(H2,31,35). The van der Waals surface area contributed by atoms with E-state index in [9.17, 15) is 19.2 Å². The molecule has 1 aliphatic heterocycles. The Kier molecular flexibility index (Phi) is 7.84. The number of halogens is 1. The summed E-state index contributed by atoms with van der Waals surface area (Å²) in [5.41, 5.74) is 13.0. The van der Waals surface area contributed by atoms with Crippen LogP contribution in [0.1, 0.15) is 31.2 Å². The summed E-state index contributed by atoms with van der Waals surface area (Å²) in [6.07, 6.45) is 1.87. The van der Waals surface area contributed by atoms with Crippen LogP contribution in [-0.2, 0) is 11.3 Å². The van der Waals surface area contributed by atoms with Gasteiger partial charge in [0.05, 0.1) is 24.1 Å². The molecule has 0 aliphatic carbocycles. The Hall–Kier alpha value is -4.23. The normalized spacial score (nSPS) is 13.8. The van der Waals surface area contributed by atoms with Crippen molar-refractivity contribution in [3.8, 4) is 34.3 Å². The minimum absolute atomic E-state index is 0.0553. The molecule has 2 heterocycles. The molecule has 0 unspecified atom stereocenters. The molecule has 10 heteroatoms. The molecule has 37 heavy (non-hydrogen) atoms. The van der Waals surface area contributed by atoms with Crippen LogP contribution in [-0.4, -0.2) is 41.7 Å². The van der Waals surface area contributed by atoms with Crippen LogP contribution >= 0.6 is 0 Å². The van der Waals surface area contributed by atoms with E-state index < -0.39 is 11.7 Å². The third-order valence-corrected chi connectivity index (χ3v) is 6.52. The van der Waals surface area contributed by atoms with Gasteiger partial charge in [0, 0.05) is 43.2 Å². The van der Waals surface area contributed by atoms with E-state index in [0.29, 0.717) is 60.6 Å². The average Bonchev–Trinajstić information content (AvgIpc) is 2.90. The number of piperidine rings is 1. The number of ether oxygens (including phenoxy) is 1. The molecule has 1 fully saturated rings. The Bertz CT molecular complexity index is 1390. The van der Waals surface area contributed by atoms with E-state index >= 15 is 0 Å². The average molecular weight is 505 g/mol. The minimum atomic E-state index is -0.681. The summed E-state index contributed by atoms with van der Waals surface area (Å²) in [6.45, 7) is 1.33. The number of rotatable bonds is 8. The van der Waals surface area contributed by atoms with Crippen molar-refractivity contribution >= 4 is 11.7 Å². The quantitative estimate of drug-likeness (QED) is 0.481. The van der Waals surface area contributed by atoms with Crippen LogP contribution in [0.25, 0.3) is 22.5 Å². The lowest BCUT2D eigenvalue weighted by Gasteiger charge is -2.31. The molecule has 9 nitrogen and oxygen atoms in total. The molecule has 4 N–H and O–H groups in total. The number of benzene rings is 2. The molecular formula is C27H29FN6O3. The van der Waals surface area contributed by atoms with E-state index in [4.69, 9.17) is 21.2 Å². The van der Waals surface area contributed by atoms with E-state index in [0.717, 1.165) is 0 Å². The zero-order chi connectivity index (χ0) is 26.5. The van der Waals surface area contributed by atoms with Crippen LogP contribution in [0.15, 0.2) is 47.3 Å². The van der Waals surface area contributed by atoms with Gasteiger partial charge in [0.2, 0.25) is 5.91 Å². The van der Waals surface area contributed by atoms with Gasteiger partial charge in [-0.2, -0.15) is 5.26 Å². The fraction of sp³-hybridized carbons (Fsp3) is 0.333. The zero-order valence-electron chi connectivity index (χ0n) is 20.6. The first-order valence-electron chi connectivity index (χ1n) is 12.1. The van der Waals surface area contributed by atoms with Gasteiger partial charge in [-0.05, 0) is 55.7 Å². The van der Waals surface area contributed by atoms with Crippen molar-refractivity contribution in [1.82, 2.24) is 9.55 Å². The summed E-state index contributed by atoms with van der Waals surface area (Å²) in [6, 6.07) is 13.3. The second kappa shape index (κ2) is 11.2. The number of nitrogens with two attached hydrogens (primary N) is 2. The van der Waals surface area contributed by atoms with Gasteiger partial charge in [-0.3, -0.25) is 9.59 Å². The molecule has 0 spiro atoms. The maximum Gasteiger partial charge on any atom is 0.294 e. The number of nitrogens with zero attached hydrogens (tertiary/aromatic N) is 4. The summed E-state index contributed by atoms with van der Waals surface area (Å²) in [7, 11) is 1.56. The van der Waals surface area contributed by atoms with Crippen LogP contribution < -0.4 is 26.7 Å². The highest BCUT2D eigenvalue weighted by atomic mass is 19.1. The molecule has 1 saturated heterocycles. The number of hydrogen-bond donors (Lipinski definition) is 2. The van der Waals surface area contributed by atoms with E-state index in [-0.39, 0.29) is 35.9 Å². The number of carbonyl (C=O) groups excluding carboxylic acids is 1. The van der Waals surface area contributed by atoms with Gasteiger partial charge < -0.3 is 25.7 Å². The van der Waals surface area contributed by atoms with Gasteiger partial charge in [0.1, 0.15) is 17.6 Å². The van der Waals surface area contributed by atoms with Gasteiger partial charge in [-0.25, -0.2) is 9.37 Å². The first-order chi connectivity index (χ1) is 17.8. The number of carbonyl (C=O) groups is 1. The monoisotopic (exact) mass is 504 g/mol. The highest BCUT2D eigenvalue weighted by Crippen LogP contribution is 2.33. The van der Waals surface area contributed by atoms with Gasteiger partial charge in [-0.15, -0.1) is 0 Å². The van der Waals surface area contributed by atoms with Gasteiger partial charge in [0.15, 0.2) is 5.82 Å². The Morgan fingerprint density at radius 1 is 1.19 bits per heavy atom. The smallest absolute Gasteiger partial charge is 0.294 e. The number of nitriles is 1. The second-order valence-electron chi connectivity index (χ2n) is 9.02. The molecule has 0 bridgehead atoms. The molecule has 192 valence electrons. The highest BCUT2D eigenvalue weighted by molar-refractivity contribution is 5.80. The molecule has 3 aromatic rings. The minimum Gasteiger partial charge on any atom is -0.497 e. The Balaban J connectivity index is 1.97. The van der Waals surface area contributed by atoms with E-state index in [1.54, 1.807) is 42.0 Å². The summed E-state index contributed by atoms with van der Waals surface area (Å²) in [4.78, 5) is 32.0. The fourth-order valence-corrected chi connectivity index (χ4v) is 4.49. The first-order valence-corrected chi connectivity index (χ1v) is 12.1. The summed E-state index contributed by atoms with van der Waals surface area (Å²) in [5, 5.41) is 9.20. The first kappa shape index (κ1) is 25.9. The van der Waals surface area contributed by atoms with Crippen LogP contribution in [0.3, 0.4) is 0 Å². The highest BCUT2D eigenvalue weighted by Gasteiger charge is 2.25. The molecule has 2 aromatic carbocycles. The van der Waals surface area contributed by atoms with E-state index in [1.165, 1.54) is 12.1 Å². The number of amides is 1. The molecule has 4 rings (SSSR count). The van der Waals surface area contributed by atoms with Gasteiger partial charge in [-0.1, -0.05) is 6.07 Å². The van der Waals surface area contributed by atoms with E-state index in [2.05, 4.69) is 0 Å². The summed E-state index contributed by atoms with van der Waals surface area (Å²) < 4.78 is 21.6. The number of hydrogen-bond acceptors (Lipinski definition) is 7. The van der Waals surface area contributed by atoms with Crippen LogP contribution in [0.5, 0.6) is 5.75 Å². The molecule has 1 amide bonds. The number of anilines is 1. The predicted octanol–water partition coefficient (Wildman–Crippen LogP) is 2.79. The van der Waals surface area contributed by atoms with Crippen molar-refractivity contribution in [3.05, 3.63) is 64.2 Å². The molecular weight excluding hydrogens is 475 g/mol. The Labute approximate surface area is 214 Å². The Morgan fingerprint density at radius 3 is 2.46 bits per heavy atom. The van der Waals surface area contributed by atoms with Gasteiger partial charge in [0.25, 0.3) is 5.56 Å². The molecule has 0 saturated carbocycles.